The number of likely N-dealkylation sites (tertiary alicyclic amines) is 1. The summed E-state index contributed by atoms with van der Waals surface area (Å²) in [5, 5.41) is 8.68. The minimum absolute atomic E-state index is 0.208. The lowest BCUT2D eigenvalue weighted by Gasteiger charge is -2.05. The summed E-state index contributed by atoms with van der Waals surface area (Å²) in [6, 6.07) is 0. The largest absolute Gasteiger partial charge is 0.478 e. The zero-order chi connectivity index (χ0) is 19.6. The Morgan fingerprint density at radius 2 is 1.62 bits per heavy atom. The summed E-state index contributed by atoms with van der Waals surface area (Å²) in [6.45, 7) is 8.28. The van der Waals surface area contributed by atoms with E-state index in [4.69, 9.17) is 5.11 Å². The Hall–Kier alpha value is -1.58. The van der Waals surface area contributed by atoms with Crippen LogP contribution in [-0.4, -0.2) is 28.4 Å². The van der Waals surface area contributed by atoms with Crippen molar-refractivity contribution >= 4 is 11.9 Å². The van der Waals surface area contributed by atoms with Crippen molar-refractivity contribution in [2.45, 2.75) is 97.3 Å². The normalized spacial score (nSPS) is 14.2. The lowest BCUT2D eigenvalue weighted by atomic mass is 10.1. The monoisotopic (exact) mass is 365 g/mol. The molecule has 1 N–H and O–H groups in total. The third-order valence-electron chi connectivity index (χ3n) is 4.68. The number of carboxylic acid groups (broad SMARTS) is 1. The van der Waals surface area contributed by atoms with Crippen molar-refractivity contribution in [2.75, 3.05) is 6.54 Å². The molecular weight excluding hydrogens is 326 g/mol. The molecule has 1 amide bonds. The average molecular weight is 366 g/mol. The first-order chi connectivity index (χ1) is 12.5. The number of hydrogen-bond acceptors (Lipinski definition) is 2. The summed E-state index contributed by atoms with van der Waals surface area (Å²) in [7, 11) is 0. The first-order valence-corrected chi connectivity index (χ1v) is 10.3. The molecule has 0 bridgehead atoms. The fraction of sp³-hybridized carbons (Fsp3) is 0.727. The summed E-state index contributed by atoms with van der Waals surface area (Å²) in [6.07, 6.45) is 19.3. The highest BCUT2D eigenvalue weighted by molar-refractivity contribution is 5.85. The summed E-state index contributed by atoms with van der Waals surface area (Å²) in [4.78, 5) is 22.9. The predicted molar refractivity (Wildman–Crippen MR) is 109 cm³/mol. The number of rotatable bonds is 13. The minimum atomic E-state index is -0.790. The van der Waals surface area contributed by atoms with Crippen molar-refractivity contribution in [3.05, 3.63) is 24.4 Å². The number of nitrogens with zero attached hydrogens (tertiary/aromatic N) is 1. The predicted octanol–water partition coefficient (Wildman–Crippen LogP) is 6.08. The highest BCUT2D eigenvalue weighted by atomic mass is 16.4. The summed E-state index contributed by atoms with van der Waals surface area (Å²) in [5.74, 6) is -0.581. The minimum Gasteiger partial charge on any atom is -0.478 e. The van der Waals surface area contributed by atoms with E-state index in [-0.39, 0.29) is 5.91 Å². The van der Waals surface area contributed by atoms with E-state index in [1.807, 2.05) is 6.08 Å². The molecule has 0 unspecified atom stereocenters. The van der Waals surface area contributed by atoms with Crippen molar-refractivity contribution in [1.82, 2.24) is 4.90 Å². The van der Waals surface area contributed by atoms with Gasteiger partial charge in [-0.1, -0.05) is 77.4 Å². The van der Waals surface area contributed by atoms with Crippen LogP contribution >= 0.6 is 0 Å². The van der Waals surface area contributed by atoms with Crippen LogP contribution in [0.1, 0.15) is 97.3 Å². The molecule has 0 spiro atoms. The molecular formula is C22H39NO3. The van der Waals surface area contributed by atoms with Crippen molar-refractivity contribution in [3.63, 3.8) is 0 Å². The first kappa shape index (κ1) is 24.4. The van der Waals surface area contributed by atoms with Crippen LogP contribution in [0, 0.1) is 0 Å². The van der Waals surface area contributed by atoms with Gasteiger partial charge in [-0.25, -0.2) is 4.79 Å². The average Bonchev–Trinajstić information content (AvgIpc) is 3.05. The number of unbranched alkanes of at least 4 members (excludes halogenated alkanes) is 10. The van der Waals surface area contributed by atoms with Gasteiger partial charge < -0.3 is 10.0 Å². The number of carboxylic acids is 1. The Morgan fingerprint density at radius 3 is 2.00 bits per heavy atom. The Kier molecular flexibility index (Phi) is 15.8. The maximum atomic E-state index is 10.7. The van der Waals surface area contributed by atoms with Gasteiger partial charge in [0.15, 0.2) is 0 Å². The summed E-state index contributed by atoms with van der Waals surface area (Å²) >= 11 is 0. The van der Waals surface area contributed by atoms with Crippen molar-refractivity contribution < 1.29 is 14.7 Å². The fourth-order valence-electron chi connectivity index (χ4n) is 2.90. The van der Waals surface area contributed by atoms with Crippen molar-refractivity contribution in [1.29, 1.82) is 0 Å². The molecule has 1 aliphatic heterocycles. The highest BCUT2D eigenvalue weighted by Crippen LogP contribution is 2.12. The SMILES string of the molecule is C=CN1CCCC1=O.CCCCCCCCCCCCC=C(C)C(=O)O. The molecule has 0 aromatic carbocycles. The topological polar surface area (TPSA) is 57.6 Å². The van der Waals surface area contributed by atoms with Gasteiger partial charge in [-0.2, -0.15) is 0 Å². The molecule has 1 fully saturated rings. The van der Waals surface area contributed by atoms with Crippen molar-refractivity contribution in [2.24, 2.45) is 0 Å². The maximum Gasteiger partial charge on any atom is 0.330 e. The number of carbonyl (C=O) groups excluding carboxylic acids is 1. The van der Waals surface area contributed by atoms with Crippen LogP contribution in [0.15, 0.2) is 24.4 Å². The van der Waals surface area contributed by atoms with E-state index >= 15 is 0 Å². The van der Waals surface area contributed by atoms with Gasteiger partial charge in [-0.3, -0.25) is 4.79 Å². The van der Waals surface area contributed by atoms with E-state index in [2.05, 4.69) is 13.5 Å². The lowest BCUT2D eigenvalue weighted by molar-refractivity contribution is -0.132. The van der Waals surface area contributed by atoms with Crippen LogP contribution < -0.4 is 0 Å². The molecule has 1 saturated heterocycles. The van der Waals surface area contributed by atoms with Crippen LogP contribution in [0.3, 0.4) is 0 Å². The summed E-state index contributed by atoms with van der Waals surface area (Å²) in [5.41, 5.74) is 0.478. The number of hydrogen-bond donors (Lipinski definition) is 1. The zero-order valence-electron chi connectivity index (χ0n) is 17.0. The van der Waals surface area contributed by atoms with Crippen LogP contribution in [0.2, 0.25) is 0 Å². The standard InChI is InChI=1S/C16H30O2.C6H9NO/c1-3-4-5-6-7-8-9-10-11-12-13-14-15(2)16(17)18;1-2-7-5-3-4-6(7)8/h14H,3-13H2,1-2H3,(H,17,18);2H,1,3-5H2. The fourth-order valence-corrected chi connectivity index (χ4v) is 2.90. The Bertz CT molecular complexity index is 429. The van der Waals surface area contributed by atoms with Gasteiger partial charge in [0.25, 0.3) is 0 Å². The first-order valence-electron chi connectivity index (χ1n) is 10.3. The molecule has 0 atom stereocenters. The van der Waals surface area contributed by atoms with E-state index in [9.17, 15) is 9.59 Å². The van der Waals surface area contributed by atoms with Crippen molar-refractivity contribution in [3.8, 4) is 0 Å². The number of aliphatic carboxylic acids is 1. The number of amides is 1. The third kappa shape index (κ3) is 13.7. The molecule has 0 aliphatic carbocycles. The van der Waals surface area contributed by atoms with Crippen LogP contribution in [-0.2, 0) is 9.59 Å². The van der Waals surface area contributed by atoms with E-state index in [1.165, 1.54) is 57.8 Å². The smallest absolute Gasteiger partial charge is 0.330 e. The second kappa shape index (κ2) is 16.9. The molecule has 1 heterocycles. The molecule has 1 aliphatic rings. The number of carbonyl (C=O) groups is 2. The molecule has 4 heteroatoms. The van der Waals surface area contributed by atoms with E-state index in [1.54, 1.807) is 18.0 Å². The van der Waals surface area contributed by atoms with E-state index < -0.39 is 5.97 Å². The molecule has 150 valence electrons. The zero-order valence-corrected chi connectivity index (χ0v) is 17.0. The lowest BCUT2D eigenvalue weighted by Crippen LogP contribution is -2.16. The Labute approximate surface area is 160 Å². The molecule has 1 rings (SSSR count). The Morgan fingerprint density at radius 1 is 1.08 bits per heavy atom. The molecule has 0 aromatic heterocycles. The van der Waals surface area contributed by atoms with Crippen LogP contribution in [0.5, 0.6) is 0 Å². The summed E-state index contributed by atoms with van der Waals surface area (Å²) < 4.78 is 0. The molecule has 0 aromatic rings. The molecule has 26 heavy (non-hydrogen) atoms. The molecule has 0 radical (unpaired) electrons. The van der Waals surface area contributed by atoms with Gasteiger partial charge in [0.1, 0.15) is 0 Å². The van der Waals surface area contributed by atoms with Gasteiger partial charge in [0, 0.05) is 18.5 Å². The van der Waals surface area contributed by atoms with Gasteiger partial charge >= 0.3 is 5.97 Å². The van der Waals surface area contributed by atoms with Gasteiger partial charge in [0.2, 0.25) is 5.91 Å². The molecule has 4 nitrogen and oxygen atoms in total. The maximum absolute atomic E-state index is 10.7. The van der Waals surface area contributed by atoms with Gasteiger partial charge in [0.05, 0.1) is 0 Å². The van der Waals surface area contributed by atoms with Gasteiger partial charge in [-0.15, -0.1) is 0 Å². The van der Waals surface area contributed by atoms with E-state index in [0.717, 1.165) is 25.8 Å². The second-order valence-electron chi connectivity index (χ2n) is 7.04. The third-order valence-corrected chi connectivity index (χ3v) is 4.68. The highest BCUT2D eigenvalue weighted by Gasteiger charge is 2.16. The quantitative estimate of drug-likeness (QED) is 0.318. The Balaban J connectivity index is 0.000000642. The van der Waals surface area contributed by atoms with Gasteiger partial charge in [-0.05, 0) is 32.4 Å². The second-order valence-corrected chi connectivity index (χ2v) is 7.04. The van der Waals surface area contributed by atoms with Crippen LogP contribution in [0.4, 0.5) is 0 Å². The van der Waals surface area contributed by atoms with E-state index in [0.29, 0.717) is 12.0 Å². The molecule has 0 saturated carbocycles. The van der Waals surface area contributed by atoms with Crippen LogP contribution in [0.25, 0.3) is 0 Å². The number of allylic oxidation sites excluding steroid dienone is 1.